The fourth-order valence-corrected chi connectivity index (χ4v) is 2.90. The average Bonchev–Trinajstić information content (AvgIpc) is 2.42. The van der Waals surface area contributed by atoms with Gasteiger partial charge >= 0.3 is 10.1 Å². The largest absolute Gasteiger partial charge is 0.379 e. The van der Waals surface area contributed by atoms with Crippen LogP contribution in [0.2, 0.25) is 10.0 Å². The third-order valence-electron chi connectivity index (χ3n) is 2.43. The molecule has 0 bridgehead atoms. The van der Waals surface area contributed by atoms with Crippen LogP contribution in [0, 0.1) is 10.1 Å². The SMILES string of the molecule is O=[N+]([O-])c1ccccc1S(=O)(=O)Oc1ccc(Cl)c(Cl)c1. The molecule has 2 rings (SSSR count). The van der Waals surface area contributed by atoms with Crippen molar-refractivity contribution in [3.63, 3.8) is 0 Å². The second kappa shape index (κ2) is 5.88. The first-order valence-electron chi connectivity index (χ1n) is 5.44. The first-order valence-corrected chi connectivity index (χ1v) is 7.60. The number of rotatable bonds is 4. The van der Waals surface area contributed by atoms with Crippen molar-refractivity contribution in [2.45, 2.75) is 4.90 Å². The summed E-state index contributed by atoms with van der Waals surface area (Å²) in [5.74, 6) is -0.0949. The van der Waals surface area contributed by atoms with Crippen LogP contribution in [-0.2, 0) is 10.1 Å². The molecule has 0 amide bonds. The highest BCUT2D eigenvalue weighted by molar-refractivity contribution is 7.87. The molecular formula is C12H7Cl2NO5S. The second-order valence-corrected chi connectivity index (χ2v) is 6.17. The Morgan fingerprint density at radius 3 is 2.33 bits per heavy atom. The average molecular weight is 348 g/mol. The van der Waals surface area contributed by atoms with E-state index in [0.717, 1.165) is 12.1 Å². The van der Waals surface area contributed by atoms with Gasteiger partial charge in [-0.3, -0.25) is 10.1 Å². The van der Waals surface area contributed by atoms with Gasteiger partial charge in [0.2, 0.25) is 0 Å². The molecule has 0 N–H and O–H groups in total. The zero-order valence-corrected chi connectivity index (χ0v) is 12.5. The minimum absolute atomic E-state index is 0.0949. The van der Waals surface area contributed by atoms with Crippen LogP contribution >= 0.6 is 23.2 Å². The van der Waals surface area contributed by atoms with Gasteiger partial charge in [-0.2, -0.15) is 8.42 Å². The highest BCUT2D eigenvalue weighted by atomic mass is 35.5. The molecule has 0 aromatic heterocycles. The molecule has 0 saturated heterocycles. The molecule has 2 aromatic carbocycles. The normalized spacial score (nSPS) is 11.1. The number of hydrogen-bond acceptors (Lipinski definition) is 5. The molecular weight excluding hydrogens is 341 g/mol. The summed E-state index contributed by atoms with van der Waals surface area (Å²) in [6.07, 6.45) is 0. The molecule has 6 nitrogen and oxygen atoms in total. The van der Waals surface area contributed by atoms with Crippen molar-refractivity contribution in [1.29, 1.82) is 0 Å². The molecule has 9 heteroatoms. The van der Waals surface area contributed by atoms with E-state index in [9.17, 15) is 18.5 Å². The molecule has 0 aliphatic carbocycles. The lowest BCUT2D eigenvalue weighted by molar-refractivity contribution is -0.387. The topological polar surface area (TPSA) is 86.5 Å². The molecule has 0 fully saturated rings. The van der Waals surface area contributed by atoms with Crippen molar-refractivity contribution in [3.05, 3.63) is 62.6 Å². The monoisotopic (exact) mass is 347 g/mol. The highest BCUT2D eigenvalue weighted by Gasteiger charge is 2.27. The highest BCUT2D eigenvalue weighted by Crippen LogP contribution is 2.30. The number of nitro groups is 1. The van der Waals surface area contributed by atoms with E-state index < -0.39 is 25.6 Å². The number of hydrogen-bond donors (Lipinski definition) is 0. The minimum atomic E-state index is -4.36. The maximum absolute atomic E-state index is 12.1. The van der Waals surface area contributed by atoms with E-state index in [1.54, 1.807) is 0 Å². The number of benzene rings is 2. The molecule has 0 atom stereocenters. The molecule has 0 aliphatic heterocycles. The van der Waals surface area contributed by atoms with E-state index in [-0.39, 0.29) is 15.8 Å². The summed E-state index contributed by atoms with van der Waals surface area (Å²) < 4.78 is 29.1. The van der Waals surface area contributed by atoms with Gasteiger partial charge in [0.1, 0.15) is 5.75 Å². The van der Waals surface area contributed by atoms with Gasteiger partial charge in [0.25, 0.3) is 5.69 Å². The predicted molar refractivity (Wildman–Crippen MR) is 77.4 cm³/mol. The summed E-state index contributed by atoms with van der Waals surface area (Å²) in [4.78, 5) is 9.53. The van der Waals surface area contributed by atoms with Gasteiger partial charge in [0.15, 0.2) is 4.90 Å². The summed E-state index contributed by atoms with van der Waals surface area (Å²) in [7, 11) is -4.36. The fraction of sp³-hybridized carbons (Fsp3) is 0. The van der Waals surface area contributed by atoms with Crippen LogP contribution in [0.1, 0.15) is 0 Å². The van der Waals surface area contributed by atoms with Crippen LogP contribution < -0.4 is 4.18 Å². The van der Waals surface area contributed by atoms with Gasteiger partial charge in [-0.05, 0) is 18.2 Å². The third kappa shape index (κ3) is 3.44. The van der Waals surface area contributed by atoms with E-state index in [2.05, 4.69) is 0 Å². The van der Waals surface area contributed by atoms with E-state index in [0.29, 0.717) is 0 Å². The molecule has 0 unspecified atom stereocenters. The lowest BCUT2D eigenvalue weighted by Gasteiger charge is -2.08. The maximum Gasteiger partial charge on any atom is 0.346 e. The zero-order chi connectivity index (χ0) is 15.6. The lowest BCUT2D eigenvalue weighted by atomic mass is 10.3. The van der Waals surface area contributed by atoms with E-state index in [1.165, 1.54) is 30.3 Å². The van der Waals surface area contributed by atoms with Crippen molar-refractivity contribution < 1.29 is 17.5 Å². The van der Waals surface area contributed by atoms with Crippen molar-refractivity contribution in [1.82, 2.24) is 0 Å². The quantitative estimate of drug-likeness (QED) is 0.478. The summed E-state index contributed by atoms with van der Waals surface area (Å²) in [6, 6.07) is 8.73. The number of nitrogens with zero attached hydrogens (tertiary/aromatic N) is 1. The van der Waals surface area contributed by atoms with Crippen LogP contribution in [0.15, 0.2) is 47.4 Å². The van der Waals surface area contributed by atoms with Crippen molar-refractivity contribution in [2.75, 3.05) is 0 Å². The van der Waals surface area contributed by atoms with Gasteiger partial charge in [0.05, 0.1) is 15.0 Å². The Bertz CT molecular complexity index is 807. The third-order valence-corrected chi connectivity index (χ3v) is 4.46. The van der Waals surface area contributed by atoms with Crippen LogP contribution in [0.3, 0.4) is 0 Å². The van der Waals surface area contributed by atoms with Gasteiger partial charge in [0, 0.05) is 12.1 Å². The van der Waals surface area contributed by atoms with Crippen LogP contribution in [0.5, 0.6) is 5.75 Å². The standard InChI is InChI=1S/C12H7Cl2NO5S/c13-9-6-5-8(7-10(9)14)20-21(18,19)12-4-2-1-3-11(12)15(16)17/h1-7H. The van der Waals surface area contributed by atoms with Gasteiger partial charge in [-0.15, -0.1) is 0 Å². The lowest BCUT2D eigenvalue weighted by Crippen LogP contribution is -2.11. The predicted octanol–water partition coefficient (Wildman–Crippen LogP) is 3.67. The van der Waals surface area contributed by atoms with Crippen molar-refractivity contribution in [2.24, 2.45) is 0 Å². The van der Waals surface area contributed by atoms with Gasteiger partial charge < -0.3 is 4.18 Å². The number of para-hydroxylation sites is 1. The number of halogens is 2. The minimum Gasteiger partial charge on any atom is -0.379 e. The Hall–Kier alpha value is -1.83. The summed E-state index contributed by atoms with van der Waals surface area (Å²) in [6.45, 7) is 0. The van der Waals surface area contributed by atoms with Crippen LogP contribution in [-0.4, -0.2) is 13.3 Å². The van der Waals surface area contributed by atoms with E-state index in [1.807, 2.05) is 0 Å². The smallest absolute Gasteiger partial charge is 0.346 e. The maximum atomic E-state index is 12.1. The second-order valence-electron chi connectivity index (χ2n) is 3.84. The Balaban J connectivity index is 2.43. The summed E-state index contributed by atoms with van der Waals surface area (Å²) in [5, 5.41) is 11.2. The van der Waals surface area contributed by atoms with Crippen molar-refractivity contribution >= 4 is 39.0 Å². The molecule has 0 saturated carbocycles. The molecule has 2 aromatic rings. The molecule has 110 valence electrons. The Morgan fingerprint density at radius 2 is 1.71 bits per heavy atom. The van der Waals surface area contributed by atoms with Gasteiger partial charge in [-0.1, -0.05) is 35.3 Å². The van der Waals surface area contributed by atoms with Gasteiger partial charge in [-0.25, -0.2) is 0 Å². The summed E-state index contributed by atoms with van der Waals surface area (Å²) in [5.41, 5.74) is -0.572. The van der Waals surface area contributed by atoms with E-state index >= 15 is 0 Å². The molecule has 21 heavy (non-hydrogen) atoms. The fourth-order valence-electron chi connectivity index (χ4n) is 1.52. The van der Waals surface area contributed by atoms with E-state index in [4.69, 9.17) is 27.4 Å². The first kappa shape index (κ1) is 15.6. The van der Waals surface area contributed by atoms with Crippen LogP contribution in [0.4, 0.5) is 5.69 Å². The van der Waals surface area contributed by atoms with Crippen LogP contribution in [0.25, 0.3) is 0 Å². The molecule has 0 aliphatic rings. The first-order chi connectivity index (χ1) is 9.81. The Labute approximate surface area is 130 Å². The number of nitro benzene ring substituents is 1. The summed E-state index contributed by atoms with van der Waals surface area (Å²) >= 11 is 11.5. The zero-order valence-electron chi connectivity index (χ0n) is 10.2. The molecule has 0 radical (unpaired) electrons. The molecule has 0 spiro atoms. The Morgan fingerprint density at radius 1 is 1.05 bits per heavy atom. The van der Waals surface area contributed by atoms with Crippen molar-refractivity contribution in [3.8, 4) is 5.75 Å². The molecule has 0 heterocycles. The Kier molecular flexibility index (Phi) is 4.36.